The van der Waals surface area contributed by atoms with Gasteiger partial charge in [0, 0.05) is 5.69 Å². The summed E-state index contributed by atoms with van der Waals surface area (Å²) in [7, 11) is 0. The van der Waals surface area contributed by atoms with Crippen LogP contribution in [0.1, 0.15) is 16.5 Å². The molecule has 0 unspecified atom stereocenters. The molecule has 1 saturated heterocycles. The summed E-state index contributed by atoms with van der Waals surface area (Å²) in [6, 6.07) is 23.8. The topological polar surface area (TPSA) is 29.5 Å². The number of nitrogens with zero attached hydrogens (tertiary/aromatic N) is 1. The van der Waals surface area contributed by atoms with E-state index in [1.165, 1.54) is 12.1 Å². The first-order valence-electron chi connectivity index (χ1n) is 8.66. The highest BCUT2D eigenvalue weighted by Crippen LogP contribution is 2.42. The number of hydrogen-bond acceptors (Lipinski definition) is 3. The maximum absolute atomic E-state index is 13.2. The smallest absolute Gasteiger partial charge is 0.238 e. The Morgan fingerprint density at radius 1 is 0.963 bits per heavy atom. The summed E-state index contributed by atoms with van der Waals surface area (Å²) < 4.78 is 19.0. The third-order valence-electron chi connectivity index (χ3n) is 4.39. The van der Waals surface area contributed by atoms with E-state index < -0.39 is 0 Å². The van der Waals surface area contributed by atoms with Gasteiger partial charge in [-0.1, -0.05) is 42.5 Å². The van der Waals surface area contributed by atoms with Crippen LogP contribution in [-0.4, -0.2) is 11.7 Å². The lowest BCUT2D eigenvalue weighted by atomic mass is 10.1. The first kappa shape index (κ1) is 17.6. The minimum Gasteiger partial charge on any atom is -0.489 e. The summed E-state index contributed by atoms with van der Waals surface area (Å²) in [4.78, 5) is 14.1. The molecular weight excluding hydrogens is 361 g/mol. The quantitative estimate of drug-likeness (QED) is 0.611. The summed E-state index contributed by atoms with van der Waals surface area (Å²) in [5.74, 6) is 0.912. The molecule has 0 aromatic heterocycles. The molecule has 0 saturated carbocycles. The second kappa shape index (κ2) is 7.84. The van der Waals surface area contributed by atoms with E-state index in [0.29, 0.717) is 18.0 Å². The molecular formula is C22H18FNO2S. The molecule has 0 aliphatic carbocycles. The fraction of sp³-hybridized carbons (Fsp3) is 0.136. The molecule has 3 aromatic rings. The standard InChI is InChI=1S/C22H18FNO2S/c23-18-8-10-19(11-9-18)24-21(25)15-27-22(24)17-6-12-20(13-7-17)26-14-16-4-2-1-3-5-16/h1-13,22H,14-15H2/t22-/m1/s1. The molecule has 3 aromatic carbocycles. The summed E-state index contributed by atoms with van der Waals surface area (Å²) >= 11 is 1.57. The molecule has 1 aliphatic heterocycles. The second-order valence-electron chi connectivity index (χ2n) is 6.25. The van der Waals surface area contributed by atoms with Crippen LogP contribution in [-0.2, 0) is 11.4 Å². The van der Waals surface area contributed by atoms with Crippen LogP contribution in [0.25, 0.3) is 0 Å². The Morgan fingerprint density at radius 2 is 1.67 bits per heavy atom. The highest BCUT2D eigenvalue weighted by molar-refractivity contribution is 8.00. The average Bonchev–Trinajstić information content (AvgIpc) is 3.10. The van der Waals surface area contributed by atoms with Crippen LogP contribution in [0.15, 0.2) is 78.9 Å². The lowest BCUT2D eigenvalue weighted by Gasteiger charge is -2.24. The van der Waals surface area contributed by atoms with Gasteiger partial charge in [0.1, 0.15) is 23.5 Å². The van der Waals surface area contributed by atoms with Gasteiger partial charge in [0.2, 0.25) is 5.91 Å². The monoisotopic (exact) mass is 379 g/mol. The average molecular weight is 379 g/mol. The molecule has 136 valence electrons. The molecule has 1 heterocycles. The van der Waals surface area contributed by atoms with Gasteiger partial charge in [-0.2, -0.15) is 0 Å². The van der Waals surface area contributed by atoms with Crippen molar-refractivity contribution in [2.24, 2.45) is 0 Å². The lowest BCUT2D eigenvalue weighted by Crippen LogP contribution is -2.27. The minimum atomic E-state index is -0.311. The van der Waals surface area contributed by atoms with E-state index in [4.69, 9.17) is 4.74 Å². The number of anilines is 1. The fourth-order valence-electron chi connectivity index (χ4n) is 3.02. The minimum absolute atomic E-state index is 0.0287. The molecule has 27 heavy (non-hydrogen) atoms. The molecule has 1 aliphatic rings. The van der Waals surface area contributed by atoms with E-state index in [1.807, 2.05) is 54.6 Å². The van der Waals surface area contributed by atoms with Crippen molar-refractivity contribution in [3.63, 3.8) is 0 Å². The molecule has 3 nitrogen and oxygen atoms in total. The number of carbonyl (C=O) groups is 1. The highest BCUT2D eigenvalue weighted by Gasteiger charge is 2.33. The van der Waals surface area contributed by atoms with Gasteiger partial charge in [-0.05, 0) is 47.5 Å². The molecule has 0 N–H and O–H groups in total. The molecule has 1 atom stereocenters. The second-order valence-corrected chi connectivity index (χ2v) is 7.32. The Balaban J connectivity index is 1.49. The van der Waals surface area contributed by atoms with Crippen LogP contribution < -0.4 is 9.64 Å². The SMILES string of the molecule is O=C1CS[C@H](c2ccc(OCc3ccccc3)cc2)N1c1ccc(F)cc1. The van der Waals surface area contributed by atoms with Crippen LogP contribution in [0.2, 0.25) is 0 Å². The van der Waals surface area contributed by atoms with Gasteiger partial charge in [-0.25, -0.2) is 4.39 Å². The number of rotatable bonds is 5. The normalized spacial score (nSPS) is 16.6. The van der Waals surface area contributed by atoms with Crippen molar-refractivity contribution in [2.45, 2.75) is 12.0 Å². The summed E-state index contributed by atoms with van der Waals surface area (Å²) in [5, 5.41) is -0.119. The summed E-state index contributed by atoms with van der Waals surface area (Å²) in [6.07, 6.45) is 0. The lowest BCUT2D eigenvalue weighted by molar-refractivity contribution is -0.115. The third kappa shape index (κ3) is 3.98. The molecule has 1 fully saturated rings. The Hall–Kier alpha value is -2.79. The first-order chi connectivity index (χ1) is 13.2. The summed E-state index contributed by atoms with van der Waals surface area (Å²) in [6.45, 7) is 0.512. The van der Waals surface area contributed by atoms with Crippen LogP contribution in [0.3, 0.4) is 0 Å². The zero-order valence-electron chi connectivity index (χ0n) is 14.5. The number of hydrogen-bond donors (Lipinski definition) is 0. The molecule has 5 heteroatoms. The zero-order chi connectivity index (χ0) is 18.6. The number of carbonyl (C=O) groups excluding carboxylic acids is 1. The van der Waals surface area contributed by atoms with Gasteiger partial charge < -0.3 is 4.74 Å². The van der Waals surface area contributed by atoms with Crippen LogP contribution in [0.4, 0.5) is 10.1 Å². The summed E-state index contributed by atoms with van der Waals surface area (Å²) in [5.41, 5.74) is 2.84. The Bertz CT molecular complexity index is 913. The van der Waals surface area contributed by atoms with E-state index >= 15 is 0 Å². The highest BCUT2D eigenvalue weighted by atomic mass is 32.2. The van der Waals surface area contributed by atoms with Gasteiger partial charge in [-0.15, -0.1) is 11.8 Å². The Labute approximate surface area is 161 Å². The molecule has 0 spiro atoms. The fourth-order valence-corrected chi connectivity index (χ4v) is 4.20. The van der Waals surface area contributed by atoms with Crippen molar-refractivity contribution in [1.29, 1.82) is 0 Å². The van der Waals surface area contributed by atoms with Gasteiger partial charge in [0.15, 0.2) is 0 Å². The van der Waals surface area contributed by atoms with Crippen molar-refractivity contribution in [2.75, 3.05) is 10.7 Å². The van der Waals surface area contributed by atoms with E-state index in [1.54, 1.807) is 28.8 Å². The Kier molecular flexibility index (Phi) is 5.12. The van der Waals surface area contributed by atoms with Crippen LogP contribution in [0.5, 0.6) is 5.75 Å². The first-order valence-corrected chi connectivity index (χ1v) is 9.71. The predicted molar refractivity (Wildman–Crippen MR) is 106 cm³/mol. The number of halogens is 1. The van der Waals surface area contributed by atoms with E-state index in [0.717, 1.165) is 16.9 Å². The van der Waals surface area contributed by atoms with Crippen molar-refractivity contribution >= 4 is 23.4 Å². The van der Waals surface area contributed by atoms with Crippen LogP contribution >= 0.6 is 11.8 Å². The van der Waals surface area contributed by atoms with Gasteiger partial charge in [0.25, 0.3) is 0 Å². The number of benzene rings is 3. The number of thioether (sulfide) groups is 1. The van der Waals surface area contributed by atoms with E-state index in [9.17, 15) is 9.18 Å². The van der Waals surface area contributed by atoms with Crippen molar-refractivity contribution in [3.8, 4) is 5.75 Å². The molecule has 1 amide bonds. The van der Waals surface area contributed by atoms with Gasteiger partial charge in [0.05, 0.1) is 5.75 Å². The van der Waals surface area contributed by atoms with Gasteiger partial charge in [-0.3, -0.25) is 9.69 Å². The maximum Gasteiger partial charge on any atom is 0.238 e. The Morgan fingerprint density at radius 3 is 2.37 bits per heavy atom. The van der Waals surface area contributed by atoms with Gasteiger partial charge >= 0.3 is 0 Å². The maximum atomic E-state index is 13.2. The predicted octanol–water partition coefficient (Wildman–Crippen LogP) is 5.18. The van der Waals surface area contributed by atoms with E-state index in [-0.39, 0.29) is 17.1 Å². The zero-order valence-corrected chi connectivity index (χ0v) is 15.4. The molecule has 4 rings (SSSR count). The van der Waals surface area contributed by atoms with Crippen molar-refractivity contribution in [1.82, 2.24) is 0 Å². The van der Waals surface area contributed by atoms with E-state index in [2.05, 4.69) is 0 Å². The van der Waals surface area contributed by atoms with Crippen LogP contribution in [0, 0.1) is 5.82 Å². The number of ether oxygens (including phenoxy) is 1. The molecule has 0 bridgehead atoms. The largest absolute Gasteiger partial charge is 0.489 e. The molecule has 0 radical (unpaired) electrons. The third-order valence-corrected chi connectivity index (χ3v) is 5.60. The van der Waals surface area contributed by atoms with Crippen molar-refractivity contribution < 1.29 is 13.9 Å². The number of amides is 1. The van der Waals surface area contributed by atoms with Crippen molar-refractivity contribution in [3.05, 3.63) is 95.8 Å².